The van der Waals surface area contributed by atoms with E-state index in [1.807, 2.05) is 21.6 Å². The number of hydrogen-bond acceptors (Lipinski definition) is 2. The van der Waals surface area contributed by atoms with Gasteiger partial charge in [0.05, 0.1) is 0 Å². The second-order valence-corrected chi connectivity index (χ2v) is 7.87. The molecular formula is C21H27N3O2. The van der Waals surface area contributed by atoms with Crippen LogP contribution in [0.5, 0.6) is 0 Å². The van der Waals surface area contributed by atoms with Crippen LogP contribution in [0, 0.1) is 19.8 Å². The fourth-order valence-electron chi connectivity index (χ4n) is 4.70. The molecule has 2 aromatic rings. The molecule has 0 N–H and O–H groups in total. The third kappa shape index (κ3) is 3.11. The Morgan fingerprint density at radius 1 is 1.08 bits per heavy atom. The van der Waals surface area contributed by atoms with Crippen LogP contribution in [0.15, 0.2) is 35.1 Å². The van der Waals surface area contributed by atoms with Gasteiger partial charge in [0.1, 0.15) is 0 Å². The Balaban J connectivity index is 1.39. The molecule has 2 aliphatic heterocycles. The van der Waals surface area contributed by atoms with Gasteiger partial charge in [0.25, 0.3) is 5.56 Å². The first kappa shape index (κ1) is 17.1. The lowest BCUT2D eigenvalue weighted by atomic mass is 9.83. The highest BCUT2D eigenvalue weighted by Crippen LogP contribution is 2.35. The lowest BCUT2D eigenvalue weighted by molar-refractivity contribution is -0.134. The molecule has 0 aromatic carbocycles. The van der Waals surface area contributed by atoms with E-state index in [0.717, 1.165) is 44.7 Å². The van der Waals surface area contributed by atoms with Crippen molar-refractivity contribution in [1.82, 2.24) is 14.0 Å². The van der Waals surface area contributed by atoms with E-state index >= 15 is 0 Å². The first-order valence-corrected chi connectivity index (χ1v) is 9.63. The molecule has 1 amide bonds. The van der Waals surface area contributed by atoms with E-state index in [4.69, 9.17) is 0 Å². The fourth-order valence-corrected chi connectivity index (χ4v) is 4.70. The van der Waals surface area contributed by atoms with Gasteiger partial charge in [0.15, 0.2) is 0 Å². The van der Waals surface area contributed by atoms with Gasteiger partial charge in [-0.05, 0) is 50.8 Å². The predicted octanol–water partition coefficient (Wildman–Crippen LogP) is 2.69. The van der Waals surface area contributed by atoms with Crippen molar-refractivity contribution >= 4 is 5.91 Å². The number of pyridine rings is 1. The Kier molecular flexibility index (Phi) is 4.47. The molecule has 2 bridgehead atoms. The number of amides is 1. The predicted molar refractivity (Wildman–Crippen MR) is 101 cm³/mol. The maximum atomic E-state index is 12.8. The summed E-state index contributed by atoms with van der Waals surface area (Å²) >= 11 is 0. The Morgan fingerprint density at radius 2 is 1.85 bits per heavy atom. The van der Waals surface area contributed by atoms with E-state index in [1.165, 1.54) is 11.4 Å². The first-order valence-electron chi connectivity index (χ1n) is 9.63. The number of rotatable bonds is 4. The normalized spacial score (nSPS) is 21.5. The van der Waals surface area contributed by atoms with Crippen molar-refractivity contribution in [2.24, 2.45) is 5.92 Å². The van der Waals surface area contributed by atoms with Gasteiger partial charge in [-0.25, -0.2) is 0 Å². The van der Waals surface area contributed by atoms with E-state index in [2.05, 4.69) is 30.5 Å². The van der Waals surface area contributed by atoms with Gasteiger partial charge >= 0.3 is 0 Å². The standard InChI is InChI=1S/C21H27N3O2/c1-15-8-9-16(2)23(15)10-4-7-20(25)22-12-17-11-18(14-22)19-5-3-6-21(26)24(19)13-17/h3,5-6,8-9,17-18H,4,7,10-14H2,1-2H3/t17-,18+/m0/s1. The summed E-state index contributed by atoms with van der Waals surface area (Å²) in [4.78, 5) is 26.9. The van der Waals surface area contributed by atoms with Crippen LogP contribution in [0.3, 0.4) is 0 Å². The van der Waals surface area contributed by atoms with Crippen molar-refractivity contribution in [3.05, 3.63) is 57.8 Å². The average Bonchev–Trinajstić information content (AvgIpc) is 2.94. The molecular weight excluding hydrogens is 326 g/mol. The maximum Gasteiger partial charge on any atom is 0.250 e. The molecule has 4 heterocycles. The van der Waals surface area contributed by atoms with Gasteiger partial charge in [-0.15, -0.1) is 0 Å². The van der Waals surface area contributed by atoms with E-state index in [0.29, 0.717) is 18.3 Å². The highest BCUT2D eigenvalue weighted by molar-refractivity contribution is 5.76. The molecule has 138 valence electrons. The Bertz CT molecular complexity index is 860. The summed E-state index contributed by atoms with van der Waals surface area (Å²) in [6.07, 6.45) is 2.56. The number of aromatic nitrogens is 2. The van der Waals surface area contributed by atoms with E-state index in [9.17, 15) is 9.59 Å². The molecule has 0 radical (unpaired) electrons. The fraction of sp³-hybridized carbons (Fsp3) is 0.524. The second kappa shape index (κ2) is 6.78. The zero-order valence-electron chi connectivity index (χ0n) is 15.6. The van der Waals surface area contributed by atoms with Crippen molar-refractivity contribution in [2.45, 2.75) is 52.1 Å². The number of carbonyl (C=O) groups is 1. The van der Waals surface area contributed by atoms with Gasteiger partial charge in [-0.3, -0.25) is 9.59 Å². The SMILES string of the molecule is Cc1ccc(C)n1CCCC(=O)N1C[C@@H]2C[C@H](C1)c1cccc(=O)n1C2. The van der Waals surface area contributed by atoms with Crippen molar-refractivity contribution in [3.63, 3.8) is 0 Å². The number of likely N-dealkylation sites (tertiary alicyclic amines) is 1. The van der Waals surface area contributed by atoms with Crippen molar-refractivity contribution < 1.29 is 4.79 Å². The minimum atomic E-state index is 0.0921. The third-order valence-corrected chi connectivity index (χ3v) is 6.02. The monoisotopic (exact) mass is 353 g/mol. The summed E-state index contributed by atoms with van der Waals surface area (Å²) in [6.45, 7) is 7.41. The zero-order chi connectivity index (χ0) is 18.3. The lowest BCUT2D eigenvalue weighted by Gasteiger charge is -2.42. The van der Waals surface area contributed by atoms with Crippen LogP contribution in [0.25, 0.3) is 0 Å². The molecule has 4 rings (SSSR count). The quantitative estimate of drug-likeness (QED) is 0.848. The summed E-state index contributed by atoms with van der Waals surface area (Å²) in [5, 5.41) is 0. The van der Waals surface area contributed by atoms with Crippen LogP contribution < -0.4 is 5.56 Å². The van der Waals surface area contributed by atoms with Gasteiger partial charge in [0, 0.05) is 61.7 Å². The van der Waals surface area contributed by atoms with E-state index < -0.39 is 0 Å². The number of aryl methyl sites for hydroxylation is 2. The first-order chi connectivity index (χ1) is 12.5. The molecule has 0 aliphatic carbocycles. The van der Waals surface area contributed by atoms with Crippen molar-refractivity contribution in [1.29, 1.82) is 0 Å². The van der Waals surface area contributed by atoms with Crippen molar-refractivity contribution in [3.8, 4) is 0 Å². The summed E-state index contributed by atoms with van der Waals surface area (Å²) < 4.78 is 4.19. The Labute approximate surface area is 154 Å². The topological polar surface area (TPSA) is 47.2 Å². The van der Waals surface area contributed by atoms with Crippen LogP contribution in [-0.2, 0) is 17.9 Å². The van der Waals surface area contributed by atoms with Gasteiger partial charge in [0.2, 0.25) is 5.91 Å². The molecule has 0 unspecified atom stereocenters. The number of nitrogens with zero attached hydrogens (tertiary/aromatic N) is 3. The molecule has 2 atom stereocenters. The number of fused-ring (bicyclic) bond motifs is 4. The summed E-state index contributed by atoms with van der Waals surface area (Å²) in [7, 11) is 0. The molecule has 1 fully saturated rings. The maximum absolute atomic E-state index is 12.8. The van der Waals surface area contributed by atoms with Gasteiger partial charge < -0.3 is 14.0 Å². The smallest absolute Gasteiger partial charge is 0.250 e. The molecule has 1 saturated heterocycles. The van der Waals surface area contributed by atoms with Crippen LogP contribution in [0.2, 0.25) is 0 Å². The molecule has 26 heavy (non-hydrogen) atoms. The summed E-state index contributed by atoms with van der Waals surface area (Å²) in [5.74, 6) is 0.961. The third-order valence-electron chi connectivity index (χ3n) is 6.02. The summed E-state index contributed by atoms with van der Waals surface area (Å²) in [5.41, 5.74) is 3.70. The van der Waals surface area contributed by atoms with Gasteiger partial charge in [-0.1, -0.05) is 6.07 Å². The van der Waals surface area contributed by atoms with Crippen LogP contribution >= 0.6 is 0 Å². The Hall–Kier alpha value is -2.30. The minimum absolute atomic E-state index is 0.0921. The molecule has 5 heteroatoms. The zero-order valence-corrected chi connectivity index (χ0v) is 15.6. The minimum Gasteiger partial charge on any atom is -0.349 e. The van der Waals surface area contributed by atoms with Crippen LogP contribution in [-0.4, -0.2) is 33.0 Å². The van der Waals surface area contributed by atoms with Crippen LogP contribution in [0.1, 0.15) is 42.3 Å². The van der Waals surface area contributed by atoms with E-state index in [1.54, 1.807) is 6.07 Å². The van der Waals surface area contributed by atoms with E-state index in [-0.39, 0.29) is 11.5 Å². The molecule has 2 aromatic heterocycles. The highest BCUT2D eigenvalue weighted by atomic mass is 16.2. The molecule has 0 saturated carbocycles. The lowest BCUT2D eigenvalue weighted by Crippen LogP contribution is -2.49. The second-order valence-electron chi connectivity index (χ2n) is 7.87. The largest absolute Gasteiger partial charge is 0.349 e. The number of hydrogen-bond donors (Lipinski definition) is 0. The van der Waals surface area contributed by atoms with Crippen LogP contribution in [0.4, 0.5) is 0 Å². The highest BCUT2D eigenvalue weighted by Gasteiger charge is 2.35. The van der Waals surface area contributed by atoms with Gasteiger partial charge in [-0.2, -0.15) is 0 Å². The molecule has 5 nitrogen and oxygen atoms in total. The Morgan fingerprint density at radius 3 is 2.62 bits per heavy atom. The summed E-state index contributed by atoms with van der Waals surface area (Å²) in [6, 6.07) is 9.79. The van der Waals surface area contributed by atoms with Crippen molar-refractivity contribution in [2.75, 3.05) is 13.1 Å². The molecule has 0 spiro atoms. The average molecular weight is 353 g/mol. The number of piperidine rings is 1. The number of carbonyl (C=O) groups excluding carboxylic acids is 1. The molecule has 2 aliphatic rings.